The molecule has 0 aromatic carbocycles. The largest absolute Gasteiger partial charge is 0.365 e. The molecule has 3 atom stereocenters. The lowest BCUT2D eigenvalue weighted by Crippen LogP contribution is -2.21. The Morgan fingerprint density at radius 2 is 2.06 bits per heavy atom. The van der Waals surface area contributed by atoms with Crippen molar-refractivity contribution in [1.82, 2.24) is 15.5 Å². The lowest BCUT2D eigenvalue weighted by molar-refractivity contribution is 0.494. The van der Waals surface area contributed by atoms with E-state index in [2.05, 4.69) is 26.9 Å². The summed E-state index contributed by atoms with van der Waals surface area (Å²) in [7, 11) is 0. The molecule has 5 heteroatoms. The summed E-state index contributed by atoms with van der Waals surface area (Å²) in [6.07, 6.45) is 2.33. The van der Waals surface area contributed by atoms with E-state index >= 15 is 0 Å². The van der Waals surface area contributed by atoms with E-state index in [9.17, 15) is 0 Å². The Hall–Kier alpha value is -1.67. The van der Waals surface area contributed by atoms with Gasteiger partial charge in [-0.15, -0.1) is 5.10 Å². The molecular formula is C13H17N5. The molecule has 1 aliphatic heterocycles. The monoisotopic (exact) mass is 243 g/mol. The molecule has 94 valence electrons. The topological polar surface area (TPSA) is 73.6 Å². The fourth-order valence-corrected chi connectivity index (χ4v) is 3.16. The zero-order valence-corrected chi connectivity index (χ0v) is 10.5. The summed E-state index contributed by atoms with van der Waals surface area (Å²) in [5.74, 6) is 2.21. The van der Waals surface area contributed by atoms with Gasteiger partial charge in [0.05, 0.1) is 11.3 Å². The number of hydrogen-bond acceptors (Lipinski definition) is 5. The Labute approximate surface area is 107 Å². The summed E-state index contributed by atoms with van der Waals surface area (Å²) in [5.41, 5.74) is 1.38. The molecule has 1 aromatic rings. The van der Waals surface area contributed by atoms with Crippen LogP contribution in [0, 0.1) is 30.1 Å². The van der Waals surface area contributed by atoms with Gasteiger partial charge in [-0.3, -0.25) is 0 Å². The standard InChI is InChI=1S/C13H17N5/c1-8-2-9(5-14)13(18-17-8)16-12-3-10-6-15-7-11(10)4-12/h2,10-12,15H,3-4,6-7H2,1H3,(H,16,18)/t10-,11+,12+. The quantitative estimate of drug-likeness (QED) is 0.812. The van der Waals surface area contributed by atoms with Gasteiger partial charge in [0.1, 0.15) is 6.07 Å². The molecule has 3 rings (SSSR count). The van der Waals surface area contributed by atoms with Gasteiger partial charge < -0.3 is 10.6 Å². The second-order valence-corrected chi connectivity index (χ2v) is 5.35. The Morgan fingerprint density at radius 3 is 2.72 bits per heavy atom. The third kappa shape index (κ3) is 2.04. The number of anilines is 1. The summed E-state index contributed by atoms with van der Waals surface area (Å²) in [6, 6.07) is 4.40. The van der Waals surface area contributed by atoms with Crippen molar-refractivity contribution in [3.8, 4) is 6.07 Å². The van der Waals surface area contributed by atoms with Crippen molar-refractivity contribution >= 4 is 5.82 Å². The van der Waals surface area contributed by atoms with Crippen molar-refractivity contribution < 1.29 is 0 Å². The smallest absolute Gasteiger partial charge is 0.166 e. The van der Waals surface area contributed by atoms with Crippen molar-refractivity contribution in [1.29, 1.82) is 5.26 Å². The van der Waals surface area contributed by atoms with Crippen molar-refractivity contribution in [3.05, 3.63) is 17.3 Å². The van der Waals surface area contributed by atoms with E-state index < -0.39 is 0 Å². The van der Waals surface area contributed by atoms with Crippen molar-refractivity contribution in [2.75, 3.05) is 18.4 Å². The van der Waals surface area contributed by atoms with Crippen molar-refractivity contribution in [2.45, 2.75) is 25.8 Å². The molecule has 2 N–H and O–H groups in total. The number of nitriles is 1. The second-order valence-electron chi connectivity index (χ2n) is 5.35. The highest BCUT2D eigenvalue weighted by molar-refractivity contribution is 5.51. The lowest BCUT2D eigenvalue weighted by atomic mass is 10.0. The summed E-state index contributed by atoms with van der Waals surface area (Å²) < 4.78 is 0. The first-order valence-electron chi connectivity index (χ1n) is 6.48. The Morgan fingerprint density at radius 1 is 1.33 bits per heavy atom. The maximum atomic E-state index is 9.11. The molecule has 0 spiro atoms. The van der Waals surface area contributed by atoms with Crippen molar-refractivity contribution in [3.63, 3.8) is 0 Å². The van der Waals surface area contributed by atoms with Crippen LogP contribution >= 0.6 is 0 Å². The van der Waals surface area contributed by atoms with Crippen LogP contribution < -0.4 is 10.6 Å². The van der Waals surface area contributed by atoms with Gasteiger partial charge in [0.25, 0.3) is 0 Å². The van der Waals surface area contributed by atoms with Crippen LogP contribution in [0.25, 0.3) is 0 Å². The van der Waals surface area contributed by atoms with Gasteiger partial charge in [-0.25, -0.2) is 0 Å². The highest BCUT2D eigenvalue weighted by Gasteiger charge is 2.37. The number of fused-ring (bicyclic) bond motifs is 1. The number of hydrogen-bond donors (Lipinski definition) is 2. The van der Waals surface area contributed by atoms with E-state index in [1.807, 2.05) is 6.92 Å². The van der Waals surface area contributed by atoms with Crippen LogP contribution in [0.4, 0.5) is 5.82 Å². The highest BCUT2D eigenvalue weighted by Crippen LogP contribution is 2.35. The molecule has 2 heterocycles. The van der Waals surface area contributed by atoms with E-state index in [0.717, 1.165) is 43.5 Å². The number of aromatic nitrogens is 2. The van der Waals surface area contributed by atoms with Gasteiger partial charge >= 0.3 is 0 Å². The summed E-state index contributed by atoms with van der Waals surface area (Å²) >= 11 is 0. The average Bonchev–Trinajstić information content (AvgIpc) is 2.92. The molecular weight excluding hydrogens is 226 g/mol. The average molecular weight is 243 g/mol. The highest BCUT2D eigenvalue weighted by atomic mass is 15.2. The Kier molecular flexibility index (Phi) is 2.88. The number of nitrogens with one attached hydrogen (secondary N) is 2. The van der Waals surface area contributed by atoms with Crippen LogP contribution in [-0.4, -0.2) is 29.3 Å². The van der Waals surface area contributed by atoms with Crippen LogP contribution in [0.5, 0.6) is 0 Å². The Bertz CT molecular complexity index is 481. The SMILES string of the molecule is Cc1cc(C#N)c(N[C@@H]2C[C@H]3CNC[C@H]3C2)nn1. The van der Waals surface area contributed by atoms with E-state index in [1.165, 1.54) is 0 Å². The molecule has 0 amide bonds. The van der Waals surface area contributed by atoms with Crippen molar-refractivity contribution in [2.24, 2.45) is 11.8 Å². The van der Waals surface area contributed by atoms with Crippen LogP contribution in [0.15, 0.2) is 6.07 Å². The molecule has 0 unspecified atom stereocenters. The zero-order valence-electron chi connectivity index (χ0n) is 10.5. The molecule has 1 aromatic heterocycles. The van der Waals surface area contributed by atoms with Crippen LogP contribution in [0.2, 0.25) is 0 Å². The number of aryl methyl sites for hydroxylation is 1. The minimum absolute atomic E-state index is 0.436. The maximum absolute atomic E-state index is 9.11. The first-order chi connectivity index (χ1) is 8.76. The van der Waals surface area contributed by atoms with E-state index in [0.29, 0.717) is 17.4 Å². The summed E-state index contributed by atoms with van der Waals surface area (Å²) in [5, 5.41) is 24.1. The van der Waals surface area contributed by atoms with Crippen LogP contribution in [0.3, 0.4) is 0 Å². The molecule has 18 heavy (non-hydrogen) atoms. The maximum Gasteiger partial charge on any atom is 0.166 e. The first-order valence-corrected chi connectivity index (χ1v) is 6.48. The van der Waals surface area contributed by atoms with Gasteiger partial charge in [-0.05, 0) is 50.8 Å². The fourth-order valence-electron chi connectivity index (χ4n) is 3.16. The third-order valence-corrected chi connectivity index (χ3v) is 4.03. The van der Waals surface area contributed by atoms with Gasteiger partial charge in [-0.1, -0.05) is 0 Å². The third-order valence-electron chi connectivity index (χ3n) is 4.03. The lowest BCUT2D eigenvalue weighted by Gasteiger charge is -2.15. The predicted molar refractivity (Wildman–Crippen MR) is 68.0 cm³/mol. The van der Waals surface area contributed by atoms with Gasteiger partial charge in [0.15, 0.2) is 5.82 Å². The second kappa shape index (κ2) is 4.54. The molecule has 1 saturated heterocycles. The number of rotatable bonds is 2. The van der Waals surface area contributed by atoms with Gasteiger partial charge in [-0.2, -0.15) is 10.4 Å². The molecule has 5 nitrogen and oxygen atoms in total. The summed E-state index contributed by atoms with van der Waals surface area (Å²) in [6.45, 7) is 4.12. The molecule has 1 saturated carbocycles. The van der Waals surface area contributed by atoms with E-state index in [4.69, 9.17) is 5.26 Å². The molecule has 1 aliphatic carbocycles. The van der Waals surface area contributed by atoms with E-state index in [1.54, 1.807) is 6.07 Å². The van der Waals surface area contributed by atoms with Crippen LogP contribution in [0.1, 0.15) is 24.1 Å². The molecule has 2 aliphatic rings. The molecule has 2 fully saturated rings. The van der Waals surface area contributed by atoms with E-state index in [-0.39, 0.29) is 0 Å². The Balaban J connectivity index is 1.72. The fraction of sp³-hybridized carbons (Fsp3) is 0.615. The predicted octanol–water partition coefficient (Wildman–Crippen LogP) is 1.07. The number of nitrogens with zero attached hydrogens (tertiary/aromatic N) is 3. The summed E-state index contributed by atoms with van der Waals surface area (Å²) in [4.78, 5) is 0. The molecule has 0 radical (unpaired) electrons. The minimum atomic E-state index is 0.436. The van der Waals surface area contributed by atoms with Gasteiger partial charge in [0.2, 0.25) is 0 Å². The zero-order chi connectivity index (χ0) is 12.5. The normalized spacial score (nSPS) is 29.9. The van der Waals surface area contributed by atoms with Crippen LogP contribution in [-0.2, 0) is 0 Å². The van der Waals surface area contributed by atoms with Gasteiger partial charge in [0, 0.05) is 6.04 Å². The first kappa shape index (κ1) is 11.4. The minimum Gasteiger partial charge on any atom is -0.365 e. The molecule has 0 bridgehead atoms.